The van der Waals surface area contributed by atoms with Crippen LogP contribution < -0.4 is 4.72 Å². The van der Waals surface area contributed by atoms with Crippen LogP contribution in [0.25, 0.3) is 0 Å². The lowest BCUT2D eigenvalue weighted by Crippen LogP contribution is -2.24. The highest BCUT2D eigenvalue weighted by molar-refractivity contribution is 7.89. The van der Waals surface area contributed by atoms with Gasteiger partial charge in [0.05, 0.1) is 18.8 Å². The van der Waals surface area contributed by atoms with Gasteiger partial charge in [0.25, 0.3) is 0 Å². The molecule has 1 aliphatic carbocycles. The molecule has 19 heavy (non-hydrogen) atoms. The normalized spacial score (nSPS) is 24.1. The third-order valence-corrected chi connectivity index (χ3v) is 5.08. The van der Waals surface area contributed by atoms with Crippen molar-refractivity contribution < 1.29 is 17.9 Å². The molecule has 112 valence electrons. The van der Waals surface area contributed by atoms with E-state index in [1.165, 1.54) is 32.7 Å². The molecule has 0 aromatic carbocycles. The molecule has 1 N–H and O–H groups in total. The molecule has 5 nitrogen and oxygen atoms in total. The fourth-order valence-electron chi connectivity index (χ4n) is 2.55. The molecule has 0 aliphatic heterocycles. The van der Waals surface area contributed by atoms with Crippen molar-refractivity contribution in [1.82, 2.24) is 4.72 Å². The van der Waals surface area contributed by atoms with Crippen LogP contribution >= 0.6 is 0 Å². The smallest absolute Gasteiger partial charge is 0.306 e. The van der Waals surface area contributed by atoms with Crippen molar-refractivity contribution >= 4 is 16.0 Å². The summed E-state index contributed by atoms with van der Waals surface area (Å²) >= 11 is 0. The minimum Gasteiger partial charge on any atom is -0.466 e. The molecular weight excluding hydrogens is 266 g/mol. The lowest BCUT2D eigenvalue weighted by atomic mass is 9.81. The van der Waals surface area contributed by atoms with Gasteiger partial charge in [-0.25, -0.2) is 13.1 Å². The van der Waals surface area contributed by atoms with Crippen LogP contribution in [0.5, 0.6) is 0 Å². The first-order chi connectivity index (χ1) is 8.93. The summed E-state index contributed by atoms with van der Waals surface area (Å²) in [5, 5.41) is 0. The summed E-state index contributed by atoms with van der Waals surface area (Å²) in [5.74, 6) is 0.790. The summed E-state index contributed by atoms with van der Waals surface area (Å²) in [6.45, 7) is 2.68. The third kappa shape index (κ3) is 6.92. The standard InChI is InChI=1S/C13H25NO4S/c1-11-4-3-5-12(10-11)6-8-18-13(15)7-9-19(16,17)14-2/h11-12,14H,3-10H2,1-2H3/t11-,12-/m1/s1. The zero-order valence-corrected chi connectivity index (χ0v) is 12.7. The van der Waals surface area contributed by atoms with Gasteiger partial charge < -0.3 is 4.74 Å². The van der Waals surface area contributed by atoms with E-state index in [0.717, 1.165) is 12.3 Å². The highest BCUT2D eigenvalue weighted by Crippen LogP contribution is 2.30. The van der Waals surface area contributed by atoms with E-state index in [4.69, 9.17) is 4.74 Å². The summed E-state index contributed by atoms with van der Waals surface area (Å²) in [7, 11) is -1.98. The van der Waals surface area contributed by atoms with Crippen LogP contribution in [0, 0.1) is 11.8 Å². The average molecular weight is 291 g/mol. The number of sulfonamides is 1. The van der Waals surface area contributed by atoms with Crippen molar-refractivity contribution in [2.45, 2.75) is 45.4 Å². The largest absolute Gasteiger partial charge is 0.466 e. The second-order valence-electron chi connectivity index (χ2n) is 5.42. The number of ether oxygens (including phenoxy) is 1. The topological polar surface area (TPSA) is 72.5 Å². The molecular formula is C13H25NO4S. The molecule has 1 aliphatic rings. The predicted octanol–water partition coefficient (Wildman–Crippen LogP) is 1.69. The van der Waals surface area contributed by atoms with Gasteiger partial charge in [0, 0.05) is 0 Å². The van der Waals surface area contributed by atoms with E-state index in [-0.39, 0.29) is 12.2 Å². The molecule has 0 heterocycles. The van der Waals surface area contributed by atoms with Crippen LogP contribution in [0.2, 0.25) is 0 Å². The molecule has 0 saturated heterocycles. The highest BCUT2D eigenvalue weighted by Gasteiger charge is 2.19. The zero-order valence-electron chi connectivity index (χ0n) is 11.9. The molecule has 1 rings (SSSR count). The number of nitrogens with one attached hydrogen (secondary N) is 1. The van der Waals surface area contributed by atoms with Gasteiger partial charge in [0.2, 0.25) is 10.0 Å². The Morgan fingerprint density at radius 2 is 2.11 bits per heavy atom. The fraction of sp³-hybridized carbons (Fsp3) is 0.923. The average Bonchev–Trinajstić information content (AvgIpc) is 2.37. The van der Waals surface area contributed by atoms with Gasteiger partial charge in [-0.3, -0.25) is 4.79 Å². The van der Waals surface area contributed by atoms with Crippen LogP contribution in [0.4, 0.5) is 0 Å². The summed E-state index contributed by atoms with van der Waals surface area (Å²) in [4.78, 5) is 11.4. The number of carbonyl (C=O) groups excluding carboxylic acids is 1. The number of esters is 1. The molecule has 1 saturated carbocycles. The maximum Gasteiger partial charge on any atom is 0.306 e. The van der Waals surface area contributed by atoms with Crippen molar-refractivity contribution in [2.75, 3.05) is 19.4 Å². The molecule has 0 amide bonds. The maximum atomic E-state index is 11.4. The van der Waals surface area contributed by atoms with E-state index >= 15 is 0 Å². The third-order valence-electron chi connectivity index (χ3n) is 3.72. The molecule has 2 atom stereocenters. The summed E-state index contributed by atoms with van der Waals surface area (Å²) in [5.41, 5.74) is 0. The SMILES string of the molecule is CNS(=O)(=O)CCC(=O)OCC[C@H]1CCC[C@@H](C)C1. The first kappa shape index (κ1) is 16.4. The first-order valence-corrected chi connectivity index (χ1v) is 8.65. The van der Waals surface area contributed by atoms with E-state index < -0.39 is 16.0 Å². The van der Waals surface area contributed by atoms with Crippen LogP contribution in [-0.4, -0.2) is 33.8 Å². The van der Waals surface area contributed by atoms with Crippen LogP contribution in [0.3, 0.4) is 0 Å². The Morgan fingerprint density at radius 3 is 2.74 bits per heavy atom. The predicted molar refractivity (Wildman–Crippen MR) is 74.2 cm³/mol. The Hall–Kier alpha value is -0.620. The minimum atomic E-state index is -3.32. The van der Waals surface area contributed by atoms with Crippen molar-refractivity contribution in [3.8, 4) is 0 Å². The first-order valence-electron chi connectivity index (χ1n) is 7.00. The number of hydrogen-bond donors (Lipinski definition) is 1. The quantitative estimate of drug-likeness (QED) is 0.724. The van der Waals surface area contributed by atoms with Crippen molar-refractivity contribution in [3.05, 3.63) is 0 Å². The maximum absolute atomic E-state index is 11.4. The van der Waals surface area contributed by atoms with Gasteiger partial charge >= 0.3 is 5.97 Å². The summed E-state index contributed by atoms with van der Waals surface area (Å²) in [6, 6.07) is 0. The second kappa shape index (κ2) is 7.85. The Balaban J connectivity index is 2.13. The lowest BCUT2D eigenvalue weighted by molar-refractivity contribution is -0.143. The Labute approximate surface area is 116 Å². The van der Waals surface area contributed by atoms with E-state index in [0.29, 0.717) is 12.5 Å². The monoisotopic (exact) mass is 291 g/mol. The van der Waals surface area contributed by atoms with E-state index in [1.807, 2.05) is 0 Å². The molecule has 0 spiro atoms. The van der Waals surface area contributed by atoms with Gasteiger partial charge in [-0.05, 0) is 31.7 Å². The van der Waals surface area contributed by atoms with Crippen molar-refractivity contribution in [2.24, 2.45) is 11.8 Å². The second-order valence-corrected chi connectivity index (χ2v) is 7.47. The van der Waals surface area contributed by atoms with E-state index in [1.54, 1.807) is 0 Å². The zero-order chi connectivity index (χ0) is 14.3. The van der Waals surface area contributed by atoms with E-state index in [9.17, 15) is 13.2 Å². The summed E-state index contributed by atoms with van der Waals surface area (Å²) in [6.07, 6.45) is 5.82. The molecule has 6 heteroatoms. The molecule has 0 bridgehead atoms. The van der Waals surface area contributed by atoms with E-state index in [2.05, 4.69) is 11.6 Å². The van der Waals surface area contributed by atoms with Gasteiger partial charge in [0.1, 0.15) is 0 Å². The van der Waals surface area contributed by atoms with Gasteiger partial charge in [-0.1, -0.05) is 26.2 Å². The minimum absolute atomic E-state index is 0.0791. The van der Waals surface area contributed by atoms with Gasteiger partial charge in [-0.15, -0.1) is 0 Å². The van der Waals surface area contributed by atoms with Crippen molar-refractivity contribution in [1.29, 1.82) is 0 Å². The Morgan fingerprint density at radius 1 is 1.37 bits per heavy atom. The number of carbonyl (C=O) groups is 1. The highest BCUT2D eigenvalue weighted by atomic mass is 32.2. The van der Waals surface area contributed by atoms with Crippen molar-refractivity contribution in [3.63, 3.8) is 0 Å². The lowest BCUT2D eigenvalue weighted by Gasteiger charge is -2.26. The van der Waals surface area contributed by atoms with Gasteiger partial charge in [0.15, 0.2) is 0 Å². The molecule has 0 unspecified atom stereocenters. The molecule has 1 fully saturated rings. The van der Waals surface area contributed by atoms with Crippen LogP contribution in [0.1, 0.15) is 45.4 Å². The number of hydrogen-bond acceptors (Lipinski definition) is 4. The van der Waals surface area contributed by atoms with Gasteiger partial charge in [-0.2, -0.15) is 0 Å². The Kier molecular flexibility index (Phi) is 6.79. The molecule has 0 aromatic heterocycles. The number of rotatable bonds is 7. The molecule has 0 aromatic rings. The summed E-state index contributed by atoms with van der Waals surface area (Å²) < 4.78 is 29.5. The van der Waals surface area contributed by atoms with Crippen LogP contribution in [0.15, 0.2) is 0 Å². The fourth-order valence-corrected chi connectivity index (χ4v) is 3.19. The van der Waals surface area contributed by atoms with Crippen LogP contribution in [-0.2, 0) is 19.6 Å². The molecule has 0 radical (unpaired) electrons. The Bertz CT molecular complexity index is 380.